The van der Waals surface area contributed by atoms with Crippen LogP contribution in [0.1, 0.15) is 38.1 Å². The Morgan fingerprint density at radius 2 is 1.56 bits per heavy atom. The first-order valence-electron chi connectivity index (χ1n) is 10.9. The maximum Gasteiger partial charge on any atom is 0.268 e. The van der Waals surface area contributed by atoms with Crippen LogP contribution in [0.2, 0.25) is 0 Å². The van der Waals surface area contributed by atoms with Crippen LogP contribution in [-0.2, 0) is 21.4 Å². The lowest BCUT2D eigenvalue weighted by Gasteiger charge is -2.29. The van der Waals surface area contributed by atoms with Crippen molar-refractivity contribution in [3.63, 3.8) is 0 Å². The first-order chi connectivity index (χ1) is 16.1. The third-order valence-corrected chi connectivity index (χ3v) is 8.82. The van der Waals surface area contributed by atoms with Crippen molar-refractivity contribution in [1.29, 1.82) is 0 Å². The molecule has 0 radical (unpaired) electrons. The van der Waals surface area contributed by atoms with Gasteiger partial charge in [0.15, 0.2) is 0 Å². The lowest BCUT2D eigenvalue weighted by Crippen LogP contribution is -2.42. The summed E-state index contributed by atoms with van der Waals surface area (Å²) >= 11 is -1.49. The minimum Gasteiger partial charge on any atom is -0.598 e. The molecule has 0 aliphatic rings. The van der Waals surface area contributed by atoms with Gasteiger partial charge in [-0.3, -0.25) is 0 Å². The fraction of sp³-hybridized carbons (Fsp3) is 0.231. The van der Waals surface area contributed by atoms with Crippen LogP contribution in [0.15, 0.2) is 89.8 Å². The Labute approximate surface area is 203 Å². The summed E-state index contributed by atoms with van der Waals surface area (Å²) in [4.78, 5) is 0.174. The Hall–Kier alpha value is -2.78. The molecule has 1 aromatic heterocycles. The van der Waals surface area contributed by atoms with E-state index >= 15 is 0 Å². The van der Waals surface area contributed by atoms with E-state index in [0.29, 0.717) is 22.5 Å². The van der Waals surface area contributed by atoms with Gasteiger partial charge < -0.3 is 9.29 Å². The molecule has 178 valence electrons. The van der Waals surface area contributed by atoms with Crippen LogP contribution in [0.4, 0.5) is 0 Å². The van der Waals surface area contributed by atoms with E-state index in [2.05, 4.69) is 4.72 Å². The van der Waals surface area contributed by atoms with E-state index in [1.54, 1.807) is 43.5 Å². The molecule has 1 heterocycles. The van der Waals surface area contributed by atoms with Gasteiger partial charge in [-0.2, -0.15) is 0 Å². The van der Waals surface area contributed by atoms with Crippen molar-refractivity contribution in [2.45, 2.75) is 36.5 Å². The lowest BCUT2D eigenvalue weighted by atomic mass is 10.0. The largest absolute Gasteiger partial charge is 0.598 e. The molecule has 2 atom stereocenters. The molecule has 0 aliphatic carbocycles. The topological polar surface area (TPSA) is 83.4 Å². The van der Waals surface area contributed by atoms with Crippen LogP contribution in [0, 0.1) is 0 Å². The molecule has 0 bridgehead atoms. The average molecular weight is 497 g/mol. The van der Waals surface area contributed by atoms with Gasteiger partial charge in [-0.05, 0) is 51.1 Å². The fourth-order valence-electron chi connectivity index (χ4n) is 3.79. The Kier molecular flexibility index (Phi) is 6.78. The van der Waals surface area contributed by atoms with E-state index in [0.717, 1.165) is 5.39 Å². The van der Waals surface area contributed by atoms with Crippen LogP contribution in [0.5, 0.6) is 5.75 Å². The lowest BCUT2D eigenvalue weighted by molar-refractivity contribution is 0.405. The van der Waals surface area contributed by atoms with Gasteiger partial charge in [0.25, 0.3) is 10.0 Å². The number of rotatable bonds is 7. The van der Waals surface area contributed by atoms with Crippen molar-refractivity contribution < 1.29 is 17.7 Å². The molecule has 4 aromatic rings. The van der Waals surface area contributed by atoms with Crippen LogP contribution in [-0.4, -0.2) is 28.8 Å². The van der Waals surface area contributed by atoms with Gasteiger partial charge in [-0.1, -0.05) is 54.6 Å². The predicted octanol–water partition coefficient (Wildman–Crippen LogP) is 5.03. The number of hydrogen-bond acceptors (Lipinski definition) is 5. The highest BCUT2D eigenvalue weighted by Gasteiger charge is 2.35. The molecule has 1 N–H and O–H groups in total. The molecular formula is C26H28N2O4S2. The molecule has 0 spiro atoms. The first kappa shape index (κ1) is 24.3. The van der Waals surface area contributed by atoms with E-state index in [1.165, 1.54) is 3.97 Å². The number of methoxy groups -OCH3 is 1. The van der Waals surface area contributed by atoms with E-state index in [-0.39, 0.29) is 4.90 Å². The van der Waals surface area contributed by atoms with Crippen LogP contribution in [0.3, 0.4) is 0 Å². The molecule has 0 fully saturated rings. The van der Waals surface area contributed by atoms with Gasteiger partial charge in [0.2, 0.25) is 0 Å². The second-order valence-corrected chi connectivity index (χ2v) is 12.7. The maximum atomic E-state index is 13.9. The van der Waals surface area contributed by atoms with Crippen LogP contribution in [0.25, 0.3) is 10.9 Å². The van der Waals surface area contributed by atoms with Crippen LogP contribution < -0.4 is 9.46 Å². The van der Waals surface area contributed by atoms with E-state index in [1.807, 2.05) is 69.3 Å². The number of hydrogen-bond donors (Lipinski definition) is 1. The summed E-state index contributed by atoms with van der Waals surface area (Å²) in [5.41, 5.74) is 1.69. The number of benzene rings is 3. The molecule has 0 saturated carbocycles. The van der Waals surface area contributed by atoms with Gasteiger partial charge in [-0.25, -0.2) is 12.4 Å². The summed E-state index contributed by atoms with van der Waals surface area (Å²) in [5.74, 6) is 0.569. The molecule has 0 saturated heterocycles. The summed E-state index contributed by atoms with van der Waals surface area (Å²) in [6.07, 6.45) is 0. The number of nitrogens with one attached hydrogen (secondary N) is 1. The highest BCUT2D eigenvalue weighted by atomic mass is 32.2. The quantitative estimate of drug-likeness (QED) is 0.363. The molecule has 3 aromatic carbocycles. The smallest absolute Gasteiger partial charge is 0.268 e. The van der Waals surface area contributed by atoms with Gasteiger partial charge in [0, 0.05) is 22.3 Å². The highest BCUT2D eigenvalue weighted by Crippen LogP contribution is 2.36. The normalized spacial score (nSPS) is 14.1. The maximum absolute atomic E-state index is 13.9. The van der Waals surface area contributed by atoms with Crippen molar-refractivity contribution >= 4 is 32.3 Å². The van der Waals surface area contributed by atoms with Crippen molar-refractivity contribution in [3.8, 4) is 5.75 Å². The van der Waals surface area contributed by atoms with Gasteiger partial charge in [0.1, 0.15) is 16.5 Å². The second-order valence-electron chi connectivity index (χ2n) is 8.88. The minimum absolute atomic E-state index is 0.174. The average Bonchev–Trinajstić information content (AvgIpc) is 3.22. The van der Waals surface area contributed by atoms with E-state index < -0.39 is 32.2 Å². The Balaban J connectivity index is 2.02. The standard InChI is InChI=1S/C26H28N2O4S2/c1-26(2,3)33(29)27-25(21-15-9-11-17-24(21)32-4)23-18-19-12-8-10-16-22(19)28(23)34(30,31)20-13-6-5-7-14-20/h5-18,25,27H,1-4H3/t25-,33?/m1/s1. The minimum atomic E-state index is -3.96. The molecule has 6 nitrogen and oxygen atoms in total. The third kappa shape index (κ3) is 4.59. The molecular weight excluding hydrogens is 468 g/mol. The second kappa shape index (κ2) is 9.46. The molecule has 0 aliphatic heterocycles. The molecule has 0 amide bonds. The third-order valence-electron chi connectivity index (χ3n) is 5.50. The fourth-order valence-corrected chi connectivity index (χ4v) is 6.18. The summed E-state index contributed by atoms with van der Waals surface area (Å²) in [7, 11) is -2.40. The Morgan fingerprint density at radius 3 is 2.24 bits per heavy atom. The first-order valence-corrected chi connectivity index (χ1v) is 13.5. The summed E-state index contributed by atoms with van der Waals surface area (Å²) in [5, 5.41) is 0.764. The number of nitrogens with zero attached hydrogens (tertiary/aromatic N) is 1. The van der Waals surface area contributed by atoms with Gasteiger partial charge in [-0.15, -0.1) is 4.72 Å². The van der Waals surface area contributed by atoms with Crippen molar-refractivity contribution in [1.82, 2.24) is 8.69 Å². The van der Waals surface area contributed by atoms with Crippen LogP contribution >= 0.6 is 0 Å². The predicted molar refractivity (Wildman–Crippen MR) is 137 cm³/mol. The summed E-state index contributed by atoms with van der Waals surface area (Å²) in [6, 6.07) is 24.1. The van der Waals surface area contributed by atoms with E-state index in [9.17, 15) is 13.0 Å². The highest BCUT2D eigenvalue weighted by molar-refractivity contribution is 7.91. The zero-order chi connectivity index (χ0) is 24.5. The molecule has 34 heavy (non-hydrogen) atoms. The number of aromatic nitrogens is 1. The zero-order valence-electron chi connectivity index (χ0n) is 19.6. The van der Waals surface area contributed by atoms with E-state index in [4.69, 9.17) is 4.74 Å². The Bertz CT molecular complexity index is 1390. The van der Waals surface area contributed by atoms with Gasteiger partial charge >= 0.3 is 0 Å². The molecule has 8 heteroatoms. The monoisotopic (exact) mass is 496 g/mol. The van der Waals surface area contributed by atoms with Crippen molar-refractivity contribution in [2.75, 3.05) is 7.11 Å². The van der Waals surface area contributed by atoms with Gasteiger partial charge in [0.05, 0.1) is 23.2 Å². The number of para-hydroxylation sites is 2. The summed E-state index contributed by atoms with van der Waals surface area (Å²) in [6.45, 7) is 5.60. The molecule has 4 rings (SSSR count). The number of fused-ring (bicyclic) bond motifs is 1. The van der Waals surface area contributed by atoms with Crippen molar-refractivity contribution in [3.05, 3.63) is 96.2 Å². The van der Waals surface area contributed by atoms with Crippen molar-refractivity contribution in [2.24, 2.45) is 0 Å². The molecule has 1 unspecified atom stereocenters. The summed E-state index contributed by atoms with van der Waals surface area (Å²) < 4.78 is 50.7. The zero-order valence-corrected chi connectivity index (χ0v) is 21.2. The number of ether oxygens (including phenoxy) is 1. The SMILES string of the molecule is COc1ccccc1[C@@H](N[S+]([O-])C(C)(C)C)c1cc2ccccc2n1S(=O)(=O)c1ccccc1. The Morgan fingerprint density at radius 1 is 0.941 bits per heavy atom.